The molecule has 8 rings (SSSR count). The molecule has 11 unspecified atom stereocenters. The highest BCUT2D eigenvalue weighted by Gasteiger charge is 2.80. The Bertz CT molecular complexity index is 1290. The van der Waals surface area contributed by atoms with Crippen molar-refractivity contribution in [3.8, 4) is 0 Å². The maximum Gasteiger partial charge on any atom is 0.209 e. The Labute approximate surface area is 283 Å². The molecule has 1 aromatic rings. The summed E-state index contributed by atoms with van der Waals surface area (Å²) < 4.78 is 33.5. The quantitative estimate of drug-likeness (QED) is 0.307. The van der Waals surface area contributed by atoms with E-state index in [1.54, 1.807) is 17.0 Å². The molecule has 2 spiro atoms. The van der Waals surface area contributed by atoms with E-state index in [2.05, 4.69) is 32.2 Å². The molecule has 1 aromatic carbocycles. The van der Waals surface area contributed by atoms with Crippen LogP contribution in [-0.4, -0.2) is 62.2 Å². The van der Waals surface area contributed by atoms with Crippen molar-refractivity contribution in [2.24, 2.45) is 45.3 Å². The van der Waals surface area contributed by atoms with Gasteiger partial charge in [0.25, 0.3) is 0 Å². The minimum atomic E-state index is -0.298. The first-order chi connectivity index (χ1) is 22.6. The van der Waals surface area contributed by atoms with Crippen LogP contribution in [0.2, 0.25) is 0 Å². The highest BCUT2D eigenvalue weighted by Crippen LogP contribution is 2.87. The van der Waals surface area contributed by atoms with Crippen molar-refractivity contribution in [1.82, 2.24) is 10.2 Å². The van der Waals surface area contributed by atoms with Gasteiger partial charge in [0.1, 0.15) is 5.82 Å². The van der Waals surface area contributed by atoms with Gasteiger partial charge in [-0.1, -0.05) is 40.7 Å². The van der Waals surface area contributed by atoms with E-state index in [1.807, 2.05) is 20.8 Å². The lowest BCUT2D eigenvalue weighted by Crippen LogP contribution is -2.56. The molecule has 6 nitrogen and oxygen atoms in total. The Morgan fingerprint density at radius 2 is 1.81 bits per heavy atom. The van der Waals surface area contributed by atoms with Gasteiger partial charge in [-0.05, 0) is 140 Å². The summed E-state index contributed by atoms with van der Waals surface area (Å²) in [6.07, 6.45) is 14.4. The van der Waals surface area contributed by atoms with Gasteiger partial charge in [0.2, 0.25) is 6.41 Å². The van der Waals surface area contributed by atoms with E-state index in [1.165, 1.54) is 51.4 Å². The highest BCUT2D eigenvalue weighted by molar-refractivity contribution is 5.47. The van der Waals surface area contributed by atoms with Crippen molar-refractivity contribution in [2.45, 2.75) is 137 Å². The lowest BCUT2D eigenvalue weighted by atomic mass is 9.46. The topological polar surface area (TPSA) is 60.0 Å². The molecule has 262 valence electrons. The second-order valence-electron chi connectivity index (χ2n) is 17.2. The lowest BCUT2D eigenvalue weighted by molar-refractivity contribution is -0.243. The number of carbonyl (C=O) groups excluding carboxylic acids is 1. The van der Waals surface area contributed by atoms with Crippen LogP contribution in [0, 0.1) is 58.1 Å². The van der Waals surface area contributed by atoms with Crippen LogP contribution in [0.1, 0.15) is 110 Å². The van der Waals surface area contributed by atoms with Crippen LogP contribution in [0.15, 0.2) is 18.2 Å². The summed E-state index contributed by atoms with van der Waals surface area (Å²) in [5.74, 6) is 2.86. The van der Waals surface area contributed by atoms with Gasteiger partial charge in [-0.15, -0.1) is 0 Å². The Morgan fingerprint density at radius 1 is 1.00 bits per heavy atom. The van der Waals surface area contributed by atoms with Crippen LogP contribution in [0.4, 0.5) is 4.39 Å². The summed E-state index contributed by atoms with van der Waals surface area (Å²) >= 11 is 0. The van der Waals surface area contributed by atoms with Gasteiger partial charge in [0.05, 0.1) is 31.5 Å². The first-order valence-corrected chi connectivity index (χ1v) is 19.2. The third kappa shape index (κ3) is 5.52. The minimum absolute atomic E-state index is 0.109. The van der Waals surface area contributed by atoms with Crippen LogP contribution < -0.4 is 5.32 Å². The molecule has 7 fully saturated rings. The molecule has 0 radical (unpaired) electrons. The molecule has 0 bridgehead atoms. The molecular weight excluding hydrogens is 591 g/mol. The van der Waals surface area contributed by atoms with Crippen molar-refractivity contribution < 1.29 is 23.4 Å². The first-order valence-electron chi connectivity index (χ1n) is 19.2. The number of halogens is 1. The van der Waals surface area contributed by atoms with Gasteiger partial charge in [0.15, 0.2) is 6.29 Å². The SMILES string of the molecule is CC.Cc1cc(F)cc(CNCC2CCC3C(CC4C5CCC6C(C)(C)C(OC7CN(C=O)CCO7)CCC67CC57CCC34C)O2)c1. The standard InChI is InChI=1S/C38H55FN2O4.C2H6/c1-24-15-25(17-26(39)16-24)19-40-20-27-5-6-29-31(44-27)18-30-28-7-8-32-35(2,3)33(45-34-21-41(23-42)13-14-43-34)9-10-38(32)22-37(28,38)12-11-36(29,30)4;1-2/h15-17,23,27-34,40H,5-14,18-22H2,1-4H3;1-2H3. The number of nitrogens with zero attached hydrogens (tertiary/aromatic N) is 1. The number of rotatable bonds is 7. The monoisotopic (exact) mass is 652 g/mol. The second-order valence-corrected chi connectivity index (χ2v) is 17.2. The van der Waals surface area contributed by atoms with Crippen LogP contribution >= 0.6 is 0 Å². The number of benzene rings is 1. The zero-order valence-corrected chi connectivity index (χ0v) is 30.0. The van der Waals surface area contributed by atoms with Gasteiger partial charge in [0, 0.05) is 19.6 Å². The summed E-state index contributed by atoms with van der Waals surface area (Å²) in [6, 6.07) is 5.30. The molecule has 2 heterocycles. The van der Waals surface area contributed by atoms with Crippen LogP contribution in [0.25, 0.3) is 0 Å². The minimum Gasteiger partial charge on any atom is -0.373 e. The summed E-state index contributed by atoms with van der Waals surface area (Å²) in [5.41, 5.74) is 3.51. The van der Waals surface area contributed by atoms with E-state index in [9.17, 15) is 9.18 Å². The molecule has 7 heteroatoms. The highest BCUT2D eigenvalue weighted by atomic mass is 19.1. The average Bonchev–Trinajstić information content (AvgIpc) is 3.63. The van der Waals surface area contributed by atoms with Crippen LogP contribution in [0.3, 0.4) is 0 Å². The van der Waals surface area contributed by atoms with Gasteiger partial charge in [-0.25, -0.2) is 4.39 Å². The van der Waals surface area contributed by atoms with Gasteiger partial charge >= 0.3 is 0 Å². The third-order valence-corrected chi connectivity index (χ3v) is 14.9. The molecule has 2 saturated heterocycles. The fourth-order valence-electron chi connectivity index (χ4n) is 13.0. The van der Waals surface area contributed by atoms with Crippen molar-refractivity contribution in [3.05, 3.63) is 35.1 Å². The molecule has 2 aliphatic heterocycles. The van der Waals surface area contributed by atoms with Gasteiger partial charge in [-0.3, -0.25) is 4.79 Å². The fraction of sp³-hybridized carbons (Fsp3) is 0.825. The van der Waals surface area contributed by atoms with Gasteiger partial charge in [-0.2, -0.15) is 0 Å². The molecule has 5 aliphatic carbocycles. The summed E-state index contributed by atoms with van der Waals surface area (Å²) in [6.45, 7) is 16.9. The number of nitrogens with one attached hydrogen (secondary N) is 1. The van der Waals surface area contributed by atoms with Crippen LogP contribution in [-0.2, 0) is 25.5 Å². The smallest absolute Gasteiger partial charge is 0.209 e. The largest absolute Gasteiger partial charge is 0.373 e. The number of aryl methyl sites for hydroxylation is 1. The number of ether oxygens (including phenoxy) is 3. The van der Waals surface area contributed by atoms with Crippen molar-refractivity contribution in [2.75, 3.05) is 26.2 Å². The summed E-state index contributed by atoms with van der Waals surface area (Å²) in [7, 11) is 0. The zero-order valence-electron chi connectivity index (χ0n) is 30.0. The normalized spacial score (nSPS) is 44.4. The number of morpholine rings is 1. The average molecular weight is 653 g/mol. The maximum absolute atomic E-state index is 13.9. The first kappa shape index (κ1) is 33.9. The number of hydrogen-bond acceptors (Lipinski definition) is 5. The Hall–Kier alpha value is -1.54. The van der Waals surface area contributed by atoms with Crippen molar-refractivity contribution in [3.63, 3.8) is 0 Å². The second kappa shape index (κ2) is 12.7. The van der Waals surface area contributed by atoms with E-state index in [-0.39, 0.29) is 29.7 Å². The summed E-state index contributed by atoms with van der Waals surface area (Å²) in [5, 5.41) is 3.58. The predicted molar refractivity (Wildman–Crippen MR) is 182 cm³/mol. The van der Waals surface area contributed by atoms with E-state index < -0.39 is 0 Å². The number of amides is 1. The molecule has 47 heavy (non-hydrogen) atoms. The number of fused-ring (bicyclic) bond motifs is 4. The fourth-order valence-corrected chi connectivity index (χ4v) is 13.0. The molecule has 0 aromatic heterocycles. The molecule has 7 aliphatic rings. The van der Waals surface area contributed by atoms with Crippen molar-refractivity contribution in [1.29, 1.82) is 0 Å². The Balaban J connectivity index is 0.00000172. The molecule has 1 amide bonds. The lowest BCUT2D eigenvalue weighted by Gasteiger charge is -2.60. The molecule has 11 atom stereocenters. The molecule has 1 N–H and O–H groups in total. The number of carbonyl (C=O) groups is 1. The summed E-state index contributed by atoms with van der Waals surface area (Å²) in [4.78, 5) is 13.2. The van der Waals surface area contributed by atoms with E-state index in [0.717, 1.165) is 48.8 Å². The molecular formula is C40H61FN2O4. The zero-order chi connectivity index (χ0) is 33.2. The Kier molecular flexibility index (Phi) is 9.14. The predicted octanol–water partition coefficient (Wildman–Crippen LogP) is 7.66. The maximum atomic E-state index is 13.9. The van der Waals surface area contributed by atoms with E-state index in [0.29, 0.717) is 60.4 Å². The Morgan fingerprint density at radius 3 is 2.60 bits per heavy atom. The molecule has 5 saturated carbocycles. The number of hydrogen-bond donors (Lipinski definition) is 1. The van der Waals surface area contributed by atoms with Crippen molar-refractivity contribution >= 4 is 6.41 Å². The third-order valence-electron chi connectivity index (χ3n) is 14.9. The van der Waals surface area contributed by atoms with E-state index in [4.69, 9.17) is 14.2 Å². The van der Waals surface area contributed by atoms with Crippen LogP contribution in [0.5, 0.6) is 0 Å². The van der Waals surface area contributed by atoms with Gasteiger partial charge < -0.3 is 24.4 Å². The van der Waals surface area contributed by atoms with E-state index >= 15 is 0 Å².